The van der Waals surface area contributed by atoms with Gasteiger partial charge >= 0.3 is 12.1 Å². The fraction of sp³-hybridized carbons (Fsp3) is 0.316. The van der Waals surface area contributed by atoms with Crippen molar-refractivity contribution < 1.29 is 36.2 Å². The number of carboxylic acid groups (broad SMARTS) is 1. The van der Waals surface area contributed by atoms with Crippen LogP contribution >= 0.6 is 15.9 Å². The number of anilines is 1. The van der Waals surface area contributed by atoms with Gasteiger partial charge in [0.05, 0.1) is 29.1 Å². The summed E-state index contributed by atoms with van der Waals surface area (Å²) in [5.41, 5.74) is -0.928. The fourth-order valence-corrected chi connectivity index (χ4v) is 5.01. The van der Waals surface area contributed by atoms with Crippen molar-refractivity contribution in [3.8, 4) is 5.75 Å². The Labute approximate surface area is 179 Å². The van der Waals surface area contributed by atoms with Crippen LogP contribution in [0.25, 0.3) is 0 Å². The SMILES string of the molecule is C[C@@H](CC(=O)O)[C@H]1CN(S(=O)(=O)c2cccc(C(F)(F)F)c2)c2cc(Br)ccc2O1. The molecule has 0 aliphatic carbocycles. The number of nitrogens with zero attached hydrogens (tertiary/aromatic N) is 1. The summed E-state index contributed by atoms with van der Waals surface area (Å²) in [5.74, 6) is -1.42. The Kier molecular flexibility index (Phi) is 6.06. The molecule has 0 fully saturated rings. The van der Waals surface area contributed by atoms with Crippen molar-refractivity contribution in [3.05, 3.63) is 52.5 Å². The number of carbonyl (C=O) groups is 1. The normalized spacial score (nSPS) is 17.8. The third kappa shape index (κ3) is 4.56. The maximum atomic E-state index is 13.3. The number of fused-ring (bicyclic) bond motifs is 1. The molecule has 1 N–H and O–H groups in total. The molecular formula is C19H17BrF3NO5S. The molecule has 6 nitrogen and oxygen atoms in total. The molecule has 1 aliphatic rings. The standard InChI is InChI=1S/C19H17BrF3NO5S/c1-11(7-18(25)26)17-10-24(15-9-13(20)5-6-16(15)29-17)30(27,28)14-4-2-3-12(8-14)19(21,22)23/h2-6,8-9,11,17H,7,10H2,1H3,(H,25,26)/t11-,17+/m0/s1. The molecule has 2 atom stereocenters. The molecule has 162 valence electrons. The first-order valence-corrected chi connectivity index (χ1v) is 11.0. The summed E-state index contributed by atoms with van der Waals surface area (Å²) in [6, 6.07) is 8.12. The van der Waals surface area contributed by atoms with Crippen LogP contribution in [0.4, 0.5) is 18.9 Å². The zero-order chi connectivity index (χ0) is 22.3. The monoisotopic (exact) mass is 507 g/mol. The number of hydrogen-bond acceptors (Lipinski definition) is 4. The van der Waals surface area contributed by atoms with E-state index >= 15 is 0 Å². The molecule has 0 saturated heterocycles. The number of aliphatic carboxylic acids is 1. The molecule has 0 bridgehead atoms. The van der Waals surface area contributed by atoms with Crippen LogP contribution in [0.5, 0.6) is 5.75 Å². The lowest BCUT2D eigenvalue weighted by atomic mass is 9.99. The number of alkyl halides is 3. The molecule has 3 rings (SSSR count). The second-order valence-corrected chi connectivity index (χ2v) is 9.68. The average Bonchev–Trinajstić information content (AvgIpc) is 2.66. The van der Waals surface area contributed by atoms with Gasteiger partial charge < -0.3 is 9.84 Å². The van der Waals surface area contributed by atoms with Gasteiger partial charge in [-0.1, -0.05) is 28.9 Å². The zero-order valence-corrected chi connectivity index (χ0v) is 18.0. The van der Waals surface area contributed by atoms with Crippen LogP contribution in [0.3, 0.4) is 0 Å². The van der Waals surface area contributed by atoms with E-state index in [2.05, 4.69) is 15.9 Å². The van der Waals surface area contributed by atoms with Crippen LogP contribution in [0.2, 0.25) is 0 Å². The number of halogens is 4. The maximum absolute atomic E-state index is 13.3. The number of sulfonamides is 1. The van der Waals surface area contributed by atoms with Crippen LogP contribution in [-0.4, -0.2) is 32.1 Å². The first-order valence-electron chi connectivity index (χ1n) is 8.77. The van der Waals surface area contributed by atoms with Crippen molar-refractivity contribution in [2.24, 2.45) is 5.92 Å². The van der Waals surface area contributed by atoms with Crippen LogP contribution < -0.4 is 9.04 Å². The summed E-state index contributed by atoms with van der Waals surface area (Å²) in [6.45, 7) is 1.37. The van der Waals surface area contributed by atoms with Crippen LogP contribution in [-0.2, 0) is 21.0 Å². The van der Waals surface area contributed by atoms with Gasteiger partial charge in [-0.2, -0.15) is 13.2 Å². The molecule has 2 aromatic carbocycles. The molecule has 2 aromatic rings. The number of carboxylic acids is 1. The summed E-state index contributed by atoms with van der Waals surface area (Å²) in [7, 11) is -4.38. The zero-order valence-electron chi connectivity index (χ0n) is 15.6. The molecular weight excluding hydrogens is 491 g/mol. The summed E-state index contributed by atoms with van der Waals surface area (Å²) in [5, 5.41) is 9.06. The Morgan fingerprint density at radius 3 is 2.63 bits per heavy atom. The van der Waals surface area contributed by atoms with E-state index in [1.807, 2.05) is 0 Å². The Hall–Kier alpha value is -2.27. The van der Waals surface area contributed by atoms with Gasteiger partial charge in [0, 0.05) is 10.4 Å². The molecule has 0 unspecified atom stereocenters. The first-order chi connectivity index (χ1) is 13.9. The van der Waals surface area contributed by atoms with Crippen molar-refractivity contribution in [1.29, 1.82) is 0 Å². The minimum absolute atomic E-state index is 0.153. The van der Waals surface area contributed by atoms with E-state index in [1.165, 1.54) is 12.1 Å². The Balaban J connectivity index is 2.08. The molecule has 11 heteroatoms. The maximum Gasteiger partial charge on any atom is 0.416 e. The topological polar surface area (TPSA) is 83.9 Å². The largest absolute Gasteiger partial charge is 0.486 e. The molecule has 0 aromatic heterocycles. The quantitative estimate of drug-likeness (QED) is 0.642. The van der Waals surface area contributed by atoms with Gasteiger partial charge in [-0.05, 0) is 36.4 Å². The third-order valence-electron chi connectivity index (χ3n) is 4.69. The van der Waals surface area contributed by atoms with Crippen molar-refractivity contribution in [1.82, 2.24) is 0 Å². The third-order valence-corrected chi connectivity index (χ3v) is 6.96. The van der Waals surface area contributed by atoms with Gasteiger partial charge in [-0.3, -0.25) is 9.10 Å². The highest BCUT2D eigenvalue weighted by molar-refractivity contribution is 9.10. The van der Waals surface area contributed by atoms with Gasteiger partial charge in [0.25, 0.3) is 10.0 Å². The lowest BCUT2D eigenvalue weighted by molar-refractivity contribution is -0.139. The van der Waals surface area contributed by atoms with E-state index in [1.54, 1.807) is 13.0 Å². The van der Waals surface area contributed by atoms with E-state index in [4.69, 9.17) is 9.84 Å². The lowest BCUT2D eigenvalue weighted by Crippen LogP contribution is -2.46. The minimum atomic E-state index is -4.70. The minimum Gasteiger partial charge on any atom is -0.486 e. The van der Waals surface area contributed by atoms with Gasteiger partial charge in [0.2, 0.25) is 0 Å². The Morgan fingerprint density at radius 2 is 2.00 bits per heavy atom. The van der Waals surface area contributed by atoms with E-state index < -0.39 is 44.6 Å². The summed E-state index contributed by atoms with van der Waals surface area (Å²) in [4.78, 5) is 10.6. The van der Waals surface area contributed by atoms with E-state index in [0.717, 1.165) is 22.5 Å². The lowest BCUT2D eigenvalue weighted by Gasteiger charge is -2.37. The van der Waals surface area contributed by atoms with Crippen LogP contribution in [0.1, 0.15) is 18.9 Å². The first kappa shape index (κ1) is 22.4. The second-order valence-electron chi connectivity index (χ2n) is 6.91. The average molecular weight is 508 g/mol. The Morgan fingerprint density at radius 1 is 1.30 bits per heavy atom. The highest BCUT2D eigenvalue weighted by Crippen LogP contribution is 2.41. The van der Waals surface area contributed by atoms with Gasteiger partial charge in [-0.15, -0.1) is 0 Å². The number of rotatable bonds is 5. The van der Waals surface area contributed by atoms with Crippen molar-refractivity contribution in [2.45, 2.75) is 30.5 Å². The molecule has 0 spiro atoms. The van der Waals surface area contributed by atoms with Crippen LogP contribution in [0, 0.1) is 5.92 Å². The number of hydrogen-bond donors (Lipinski definition) is 1. The number of benzene rings is 2. The highest BCUT2D eigenvalue weighted by atomic mass is 79.9. The molecule has 1 aliphatic heterocycles. The van der Waals surface area contributed by atoms with E-state index in [9.17, 15) is 26.4 Å². The summed E-state index contributed by atoms with van der Waals surface area (Å²) in [6.07, 6.45) is -5.75. The van der Waals surface area contributed by atoms with E-state index in [0.29, 0.717) is 10.5 Å². The number of ether oxygens (including phenoxy) is 1. The predicted octanol–water partition coefficient (Wildman–Crippen LogP) is 4.54. The second kappa shape index (κ2) is 8.10. The highest BCUT2D eigenvalue weighted by Gasteiger charge is 2.38. The summed E-state index contributed by atoms with van der Waals surface area (Å²) < 4.78 is 73.2. The molecule has 0 saturated carbocycles. The molecule has 30 heavy (non-hydrogen) atoms. The molecule has 0 radical (unpaired) electrons. The van der Waals surface area contributed by atoms with Gasteiger partial charge in [0.1, 0.15) is 11.9 Å². The van der Waals surface area contributed by atoms with Crippen molar-refractivity contribution >= 4 is 37.6 Å². The smallest absolute Gasteiger partial charge is 0.416 e. The summed E-state index contributed by atoms with van der Waals surface area (Å²) >= 11 is 3.25. The predicted molar refractivity (Wildman–Crippen MR) is 106 cm³/mol. The van der Waals surface area contributed by atoms with Crippen molar-refractivity contribution in [3.63, 3.8) is 0 Å². The van der Waals surface area contributed by atoms with Crippen LogP contribution in [0.15, 0.2) is 51.8 Å². The van der Waals surface area contributed by atoms with E-state index in [-0.39, 0.29) is 24.4 Å². The van der Waals surface area contributed by atoms with Gasteiger partial charge in [-0.25, -0.2) is 8.42 Å². The van der Waals surface area contributed by atoms with Gasteiger partial charge in [0.15, 0.2) is 0 Å². The molecule has 1 heterocycles. The fourth-order valence-electron chi connectivity index (χ4n) is 3.14. The Bertz CT molecular complexity index is 1070. The molecule has 0 amide bonds. The van der Waals surface area contributed by atoms with Crippen molar-refractivity contribution in [2.75, 3.05) is 10.8 Å².